The van der Waals surface area contributed by atoms with Crippen molar-refractivity contribution in [1.82, 2.24) is 0 Å². The number of benzene rings is 2. The number of hydrogen-bond donors (Lipinski definition) is 1. The normalized spacial score (nSPS) is 32.4. The molecular formula is C27H32O4. The minimum atomic E-state index is -1.35. The van der Waals surface area contributed by atoms with Gasteiger partial charge in [-0.2, -0.15) is 0 Å². The first-order valence-corrected chi connectivity index (χ1v) is 11.1. The molecule has 6 atom stereocenters. The molecule has 2 fully saturated rings. The fraction of sp³-hybridized carbons (Fsp3) is 0.407. The Kier molecular flexibility index (Phi) is 7.03. The van der Waals surface area contributed by atoms with Crippen molar-refractivity contribution >= 4 is 0 Å². The molecule has 1 N–H and O–H groups in total. The van der Waals surface area contributed by atoms with Gasteiger partial charge in [-0.1, -0.05) is 72.8 Å². The second kappa shape index (κ2) is 9.92. The molecule has 4 heteroatoms. The van der Waals surface area contributed by atoms with Gasteiger partial charge in [0.25, 0.3) is 0 Å². The summed E-state index contributed by atoms with van der Waals surface area (Å²) in [6.07, 6.45) is 4.68. The molecule has 0 aliphatic carbocycles. The number of hydrogen-bond acceptors (Lipinski definition) is 4. The minimum absolute atomic E-state index is 0.000531. The molecule has 2 aliphatic heterocycles. The van der Waals surface area contributed by atoms with Gasteiger partial charge < -0.3 is 19.3 Å². The topological polar surface area (TPSA) is 47.9 Å². The van der Waals surface area contributed by atoms with E-state index in [1.165, 1.54) is 0 Å². The lowest BCUT2D eigenvalue weighted by molar-refractivity contribution is -0.293. The van der Waals surface area contributed by atoms with Crippen LogP contribution in [-0.4, -0.2) is 35.1 Å². The Hall–Kier alpha value is -2.24. The molecule has 0 spiro atoms. The lowest BCUT2D eigenvalue weighted by Gasteiger charge is -2.55. The van der Waals surface area contributed by atoms with Crippen molar-refractivity contribution in [3.8, 4) is 0 Å². The third-order valence-corrected chi connectivity index (χ3v) is 6.52. The summed E-state index contributed by atoms with van der Waals surface area (Å²) in [4.78, 5) is 0. The fourth-order valence-corrected chi connectivity index (χ4v) is 4.91. The Morgan fingerprint density at radius 1 is 0.935 bits per heavy atom. The molecule has 31 heavy (non-hydrogen) atoms. The SMILES string of the molecule is C=CC[C@@H]1[C@@H](OCc2ccccc2)[C@@](O)(C=C)[C@H]2O[C@@H]1CC[C@H]2OCc1ccccc1. The van der Waals surface area contributed by atoms with Gasteiger partial charge in [-0.05, 0) is 30.4 Å². The largest absolute Gasteiger partial charge is 0.380 e. The third-order valence-electron chi connectivity index (χ3n) is 6.52. The van der Waals surface area contributed by atoms with E-state index in [-0.39, 0.29) is 18.1 Å². The van der Waals surface area contributed by atoms with E-state index in [0.29, 0.717) is 19.6 Å². The van der Waals surface area contributed by atoms with Crippen molar-refractivity contribution in [1.29, 1.82) is 0 Å². The first-order valence-electron chi connectivity index (χ1n) is 11.1. The van der Waals surface area contributed by atoms with Crippen LogP contribution >= 0.6 is 0 Å². The summed E-state index contributed by atoms with van der Waals surface area (Å²) in [5, 5.41) is 11.8. The van der Waals surface area contributed by atoms with Crippen LogP contribution in [0.2, 0.25) is 0 Å². The van der Waals surface area contributed by atoms with Crippen molar-refractivity contribution in [3.63, 3.8) is 0 Å². The minimum Gasteiger partial charge on any atom is -0.380 e. The number of allylic oxidation sites excluding steroid dienone is 1. The van der Waals surface area contributed by atoms with Gasteiger partial charge in [-0.25, -0.2) is 0 Å². The monoisotopic (exact) mass is 420 g/mol. The number of ether oxygens (including phenoxy) is 3. The van der Waals surface area contributed by atoms with Crippen LogP contribution in [0, 0.1) is 5.92 Å². The van der Waals surface area contributed by atoms with Gasteiger partial charge in [0.15, 0.2) is 0 Å². The highest BCUT2D eigenvalue weighted by Gasteiger charge is 2.58. The van der Waals surface area contributed by atoms with Crippen molar-refractivity contribution in [2.45, 2.75) is 62.5 Å². The predicted molar refractivity (Wildman–Crippen MR) is 121 cm³/mol. The molecule has 4 nitrogen and oxygen atoms in total. The Balaban J connectivity index is 1.55. The predicted octanol–water partition coefficient (Wildman–Crippen LogP) is 4.83. The summed E-state index contributed by atoms with van der Waals surface area (Å²) in [6.45, 7) is 8.79. The van der Waals surface area contributed by atoms with E-state index >= 15 is 0 Å². The summed E-state index contributed by atoms with van der Waals surface area (Å²) in [7, 11) is 0. The van der Waals surface area contributed by atoms with E-state index < -0.39 is 17.8 Å². The summed E-state index contributed by atoms with van der Waals surface area (Å²) >= 11 is 0. The molecule has 2 heterocycles. The maximum atomic E-state index is 11.8. The summed E-state index contributed by atoms with van der Waals surface area (Å²) in [5.74, 6) is 0.00976. The summed E-state index contributed by atoms with van der Waals surface area (Å²) < 4.78 is 19.0. The fourth-order valence-electron chi connectivity index (χ4n) is 4.91. The van der Waals surface area contributed by atoms with Crippen molar-refractivity contribution in [2.24, 2.45) is 5.92 Å². The van der Waals surface area contributed by atoms with Gasteiger partial charge in [-0.15, -0.1) is 13.2 Å². The second-order valence-electron chi connectivity index (χ2n) is 8.50. The molecule has 2 saturated heterocycles. The number of fused-ring (bicyclic) bond motifs is 2. The standard InChI is InChI=1S/C27H32O4/c1-3-11-22-23-16-17-24(29-18-20-12-7-5-8-13-20)26(31-23)27(28,4-2)25(22)30-19-21-14-9-6-10-15-21/h3-10,12-15,22-26,28H,1-2,11,16-19H2/t22-,23+,24+,25+,26-,27-/m0/s1. The molecular weight excluding hydrogens is 388 g/mol. The van der Waals surface area contributed by atoms with Crippen LogP contribution in [0.15, 0.2) is 86.0 Å². The first-order chi connectivity index (χ1) is 15.2. The number of rotatable bonds is 9. The Bertz CT molecular complexity index is 852. The van der Waals surface area contributed by atoms with Crippen molar-refractivity contribution in [2.75, 3.05) is 0 Å². The third kappa shape index (κ3) is 4.68. The van der Waals surface area contributed by atoms with Crippen LogP contribution in [0.1, 0.15) is 30.4 Å². The van der Waals surface area contributed by atoms with E-state index in [0.717, 1.165) is 24.0 Å². The zero-order chi connectivity index (χ0) is 21.7. The summed E-state index contributed by atoms with van der Waals surface area (Å²) in [6, 6.07) is 20.1. The van der Waals surface area contributed by atoms with Crippen LogP contribution in [0.25, 0.3) is 0 Å². The second-order valence-corrected chi connectivity index (χ2v) is 8.50. The number of aliphatic hydroxyl groups is 1. The van der Waals surface area contributed by atoms with Gasteiger partial charge in [0.05, 0.1) is 31.5 Å². The van der Waals surface area contributed by atoms with E-state index in [1.807, 2.05) is 66.7 Å². The van der Waals surface area contributed by atoms with E-state index in [4.69, 9.17) is 14.2 Å². The highest BCUT2D eigenvalue weighted by atomic mass is 16.6. The average Bonchev–Trinajstić information content (AvgIpc) is 2.82. The molecule has 2 bridgehead atoms. The lowest BCUT2D eigenvalue weighted by Crippen LogP contribution is -2.68. The quantitative estimate of drug-likeness (QED) is 0.591. The van der Waals surface area contributed by atoms with Gasteiger partial charge >= 0.3 is 0 Å². The molecule has 0 amide bonds. The molecule has 0 unspecified atom stereocenters. The van der Waals surface area contributed by atoms with Gasteiger partial charge in [0, 0.05) is 5.92 Å². The van der Waals surface area contributed by atoms with Gasteiger partial charge in [0.1, 0.15) is 11.7 Å². The van der Waals surface area contributed by atoms with Gasteiger partial charge in [-0.3, -0.25) is 0 Å². The molecule has 2 aromatic rings. The van der Waals surface area contributed by atoms with Crippen LogP contribution in [-0.2, 0) is 27.4 Å². The molecule has 0 saturated carbocycles. The van der Waals surface area contributed by atoms with Crippen molar-refractivity contribution < 1.29 is 19.3 Å². The van der Waals surface area contributed by atoms with E-state index in [9.17, 15) is 5.11 Å². The van der Waals surface area contributed by atoms with Crippen molar-refractivity contribution in [3.05, 3.63) is 97.1 Å². The molecule has 0 aromatic heterocycles. The zero-order valence-corrected chi connectivity index (χ0v) is 17.9. The van der Waals surface area contributed by atoms with Crippen LogP contribution in [0.4, 0.5) is 0 Å². The zero-order valence-electron chi connectivity index (χ0n) is 17.9. The first kappa shape index (κ1) is 22.0. The molecule has 164 valence electrons. The van der Waals surface area contributed by atoms with Crippen LogP contribution < -0.4 is 0 Å². The molecule has 2 aliphatic rings. The highest BCUT2D eigenvalue weighted by molar-refractivity contribution is 5.19. The smallest absolute Gasteiger partial charge is 0.137 e. The Morgan fingerprint density at radius 2 is 1.55 bits per heavy atom. The summed E-state index contributed by atoms with van der Waals surface area (Å²) in [5.41, 5.74) is 0.824. The van der Waals surface area contributed by atoms with E-state index in [1.54, 1.807) is 6.08 Å². The average molecular weight is 421 g/mol. The van der Waals surface area contributed by atoms with Crippen LogP contribution in [0.5, 0.6) is 0 Å². The Morgan fingerprint density at radius 3 is 2.13 bits per heavy atom. The Labute approximate surface area is 185 Å². The highest BCUT2D eigenvalue weighted by Crippen LogP contribution is 2.45. The molecule has 2 aromatic carbocycles. The van der Waals surface area contributed by atoms with E-state index in [2.05, 4.69) is 13.2 Å². The maximum Gasteiger partial charge on any atom is 0.137 e. The molecule has 4 rings (SSSR count). The maximum absolute atomic E-state index is 11.8. The van der Waals surface area contributed by atoms with Gasteiger partial charge in [0.2, 0.25) is 0 Å². The van der Waals surface area contributed by atoms with Crippen LogP contribution in [0.3, 0.4) is 0 Å². The molecule has 0 radical (unpaired) electrons. The lowest BCUT2D eigenvalue weighted by atomic mass is 9.70.